The van der Waals surface area contributed by atoms with Crippen molar-refractivity contribution in [3.8, 4) is 0 Å². The molecule has 5 heteroatoms. The van der Waals surface area contributed by atoms with Crippen molar-refractivity contribution < 1.29 is 19.0 Å². The molecular weight excluding hydrogens is 292 g/mol. The summed E-state index contributed by atoms with van der Waals surface area (Å²) in [5.74, 6) is -0.372. The Morgan fingerprint density at radius 2 is 2.33 bits per heavy atom. The molecule has 0 aliphatic carbocycles. The maximum atomic E-state index is 11.4. The summed E-state index contributed by atoms with van der Waals surface area (Å²) in [6, 6.07) is 5.53. The third-order valence-electron chi connectivity index (χ3n) is 3.11. The molecule has 2 atom stereocenters. The minimum absolute atomic E-state index is 0.103. The molecule has 1 aliphatic rings. The molecule has 4 nitrogen and oxygen atoms in total. The van der Waals surface area contributed by atoms with Gasteiger partial charge in [-0.1, -0.05) is 17.7 Å². The lowest BCUT2D eigenvalue weighted by molar-refractivity contribution is -0.137. The molecule has 1 saturated heterocycles. The van der Waals surface area contributed by atoms with Gasteiger partial charge >= 0.3 is 5.97 Å². The van der Waals surface area contributed by atoms with Gasteiger partial charge in [0.1, 0.15) is 6.10 Å². The van der Waals surface area contributed by atoms with Crippen LogP contribution in [0.1, 0.15) is 31.1 Å². The zero-order valence-electron chi connectivity index (χ0n) is 12.2. The zero-order chi connectivity index (χ0) is 15.2. The highest BCUT2D eigenvalue weighted by Crippen LogP contribution is 2.26. The van der Waals surface area contributed by atoms with Gasteiger partial charge in [-0.3, -0.25) is 0 Å². The summed E-state index contributed by atoms with van der Waals surface area (Å²) in [5.41, 5.74) is 1.82. The Labute approximate surface area is 129 Å². The minimum atomic E-state index is -0.372. The fourth-order valence-corrected chi connectivity index (χ4v) is 2.09. The third kappa shape index (κ3) is 5.16. The summed E-state index contributed by atoms with van der Waals surface area (Å²) in [4.78, 5) is 11.4. The summed E-state index contributed by atoms with van der Waals surface area (Å²) in [6.07, 6.45) is 3.22. The molecular formula is C16H19ClO4. The van der Waals surface area contributed by atoms with E-state index in [1.807, 2.05) is 19.1 Å². The number of hydrogen-bond acceptors (Lipinski definition) is 4. The average molecular weight is 311 g/mol. The molecule has 0 unspecified atom stereocenters. The number of carbonyl (C=O) groups excluding carboxylic acids is 1. The van der Waals surface area contributed by atoms with Crippen molar-refractivity contribution in [2.75, 3.05) is 19.8 Å². The first-order valence-electron chi connectivity index (χ1n) is 6.97. The molecule has 0 bridgehead atoms. The molecule has 0 N–H and O–H groups in total. The molecule has 1 aromatic carbocycles. The first-order valence-corrected chi connectivity index (χ1v) is 7.35. The largest absolute Gasteiger partial charge is 0.463 e. The number of rotatable bonds is 7. The second-order valence-corrected chi connectivity index (χ2v) is 5.23. The quantitative estimate of drug-likeness (QED) is 0.440. The van der Waals surface area contributed by atoms with E-state index >= 15 is 0 Å². The summed E-state index contributed by atoms with van der Waals surface area (Å²) < 4.78 is 15.8. The first kappa shape index (κ1) is 16.0. The summed E-state index contributed by atoms with van der Waals surface area (Å²) in [6.45, 7) is 5.43. The number of carbonyl (C=O) groups is 1. The standard InChI is InChI=1S/C16H19ClO4/c1-3-19-16(18)7-4-12-8-13(17)5-6-15(12)11(2)20-9-14-10-21-14/h4-8,11,14H,3,9-10H2,1-2H3/b7-4+/t11-,14+/m1/s1. The van der Waals surface area contributed by atoms with Gasteiger partial charge in [0.05, 0.1) is 25.9 Å². The lowest BCUT2D eigenvalue weighted by atomic mass is 10.0. The van der Waals surface area contributed by atoms with Gasteiger partial charge in [-0.25, -0.2) is 4.79 Å². The summed E-state index contributed by atoms with van der Waals surface area (Å²) >= 11 is 6.02. The van der Waals surface area contributed by atoms with Crippen LogP contribution >= 0.6 is 11.6 Å². The van der Waals surface area contributed by atoms with Crippen molar-refractivity contribution >= 4 is 23.6 Å². The lowest BCUT2D eigenvalue weighted by Gasteiger charge is -2.15. The molecule has 114 valence electrons. The first-order chi connectivity index (χ1) is 10.1. The van der Waals surface area contributed by atoms with Crippen molar-refractivity contribution in [3.05, 3.63) is 40.4 Å². The van der Waals surface area contributed by atoms with E-state index in [-0.39, 0.29) is 18.2 Å². The maximum Gasteiger partial charge on any atom is 0.330 e. The molecule has 0 aromatic heterocycles. The van der Waals surface area contributed by atoms with Gasteiger partial charge in [0.25, 0.3) is 0 Å². The average Bonchev–Trinajstić information content (AvgIpc) is 3.27. The molecule has 1 fully saturated rings. The molecule has 21 heavy (non-hydrogen) atoms. The Balaban J connectivity index is 2.09. The van der Waals surface area contributed by atoms with Gasteiger partial charge in [0.15, 0.2) is 0 Å². The van der Waals surface area contributed by atoms with Crippen LogP contribution in [0.3, 0.4) is 0 Å². The van der Waals surface area contributed by atoms with Crippen LogP contribution in [-0.2, 0) is 19.0 Å². The number of epoxide rings is 1. The molecule has 2 rings (SSSR count). The maximum absolute atomic E-state index is 11.4. The van der Waals surface area contributed by atoms with Crippen LogP contribution < -0.4 is 0 Å². The third-order valence-corrected chi connectivity index (χ3v) is 3.34. The van der Waals surface area contributed by atoms with Gasteiger partial charge < -0.3 is 14.2 Å². The number of benzene rings is 1. The topological polar surface area (TPSA) is 48.1 Å². The van der Waals surface area contributed by atoms with Gasteiger partial charge in [-0.15, -0.1) is 0 Å². The Kier molecular flexibility index (Phi) is 5.79. The normalized spacial score (nSPS) is 18.7. The van der Waals surface area contributed by atoms with Gasteiger partial charge in [-0.05, 0) is 43.2 Å². The number of hydrogen-bond donors (Lipinski definition) is 0. The van der Waals surface area contributed by atoms with Gasteiger partial charge in [0.2, 0.25) is 0 Å². The van der Waals surface area contributed by atoms with E-state index in [9.17, 15) is 4.79 Å². The van der Waals surface area contributed by atoms with Gasteiger partial charge in [0, 0.05) is 11.1 Å². The smallest absolute Gasteiger partial charge is 0.330 e. The van der Waals surface area contributed by atoms with E-state index < -0.39 is 0 Å². The Morgan fingerprint density at radius 1 is 1.57 bits per heavy atom. The highest BCUT2D eigenvalue weighted by molar-refractivity contribution is 6.30. The monoisotopic (exact) mass is 310 g/mol. The Bertz CT molecular complexity index is 523. The fraction of sp³-hybridized carbons (Fsp3) is 0.438. The van der Waals surface area contributed by atoms with Gasteiger partial charge in [-0.2, -0.15) is 0 Å². The van der Waals surface area contributed by atoms with E-state index in [1.165, 1.54) is 6.08 Å². The number of esters is 1. The van der Waals surface area contributed by atoms with Crippen molar-refractivity contribution in [2.45, 2.75) is 26.1 Å². The van der Waals surface area contributed by atoms with Crippen molar-refractivity contribution in [1.29, 1.82) is 0 Å². The summed E-state index contributed by atoms with van der Waals surface area (Å²) in [5, 5.41) is 0.611. The lowest BCUT2D eigenvalue weighted by Crippen LogP contribution is -2.07. The van der Waals surface area contributed by atoms with E-state index in [2.05, 4.69) is 0 Å². The molecule has 0 amide bonds. The highest BCUT2D eigenvalue weighted by atomic mass is 35.5. The van der Waals surface area contributed by atoms with Crippen molar-refractivity contribution in [1.82, 2.24) is 0 Å². The number of ether oxygens (including phenoxy) is 3. The predicted octanol–water partition coefficient (Wildman–Crippen LogP) is 3.39. The second-order valence-electron chi connectivity index (χ2n) is 4.79. The van der Waals surface area contributed by atoms with Crippen molar-refractivity contribution in [2.24, 2.45) is 0 Å². The molecule has 1 aliphatic heterocycles. The molecule has 0 saturated carbocycles. The van der Waals surface area contributed by atoms with Crippen LogP contribution in [0, 0.1) is 0 Å². The molecule has 0 spiro atoms. The van der Waals surface area contributed by atoms with Crippen LogP contribution in [-0.4, -0.2) is 31.9 Å². The minimum Gasteiger partial charge on any atom is -0.463 e. The molecule has 1 heterocycles. The van der Waals surface area contributed by atoms with Crippen LogP contribution in [0.5, 0.6) is 0 Å². The zero-order valence-corrected chi connectivity index (χ0v) is 12.9. The van der Waals surface area contributed by atoms with E-state index in [1.54, 1.807) is 19.1 Å². The second kappa shape index (κ2) is 7.59. The summed E-state index contributed by atoms with van der Waals surface area (Å²) in [7, 11) is 0. The molecule has 0 radical (unpaired) electrons. The fourth-order valence-electron chi connectivity index (χ4n) is 1.91. The van der Waals surface area contributed by atoms with Crippen LogP contribution in [0.25, 0.3) is 6.08 Å². The molecule has 1 aromatic rings. The SMILES string of the molecule is CCOC(=O)/C=C/c1cc(Cl)ccc1[C@@H](C)OC[C@H]1CO1. The van der Waals surface area contributed by atoms with E-state index in [0.717, 1.165) is 17.7 Å². The Hall–Kier alpha value is -1.36. The van der Waals surface area contributed by atoms with Crippen LogP contribution in [0.4, 0.5) is 0 Å². The van der Waals surface area contributed by atoms with Crippen molar-refractivity contribution in [3.63, 3.8) is 0 Å². The predicted molar refractivity (Wildman–Crippen MR) is 81.2 cm³/mol. The Morgan fingerprint density at radius 3 is 3.00 bits per heavy atom. The van der Waals surface area contributed by atoms with Crippen LogP contribution in [0.2, 0.25) is 5.02 Å². The van der Waals surface area contributed by atoms with Crippen LogP contribution in [0.15, 0.2) is 24.3 Å². The van der Waals surface area contributed by atoms with E-state index in [0.29, 0.717) is 18.2 Å². The highest BCUT2D eigenvalue weighted by Gasteiger charge is 2.24. The number of halogens is 1. The van der Waals surface area contributed by atoms with E-state index in [4.69, 9.17) is 25.8 Å².